The molecular formula is C17H20N2O2. The summed E-state index contributed by atoms with van der Waals surface area (Å²) in [4.78, 5) is 16.8. The Labute approximate surface area is 124 Å². The van der Waals surface area contributed by atoms with E-state index >= 15 is 0 Å². The number of carbonyl (C=O) groups excluding carboxylic acids is 1. The molecule has 1 aliphatic rings. The summed E-state index contributed by atoms with van der Waals surface area (Å²) in [5.74, 6) is 1.56. The maximum Gasteiger partial charge on any atom is 0.274 e. The summed E-state index contributed by atoms with van der Waals surface area (Å²) in [6, 6.07) is 9.84. The summed E-state index contributed by atoms with van der Waals surface area (Å²) in [5, 5.41) is 2.98. The van der Waals surface area contributed by atoms with Crippen LogP contribution >= 0.6 is 0 Å². The van der Waals surface area contributed by atoms with Crippen molar-refractivity contribution < 1.29 is 9.21 Å². The van der Waals surface area contributed by atoms with Gasteiger partial charge in [0.1, 0.15) is 5.76 Å². The SMILES string of the molecule is Cc1oc(C2CCC2)nc1C(=O)N[C@@H](C)c1ccccc1. The molecule has 1 aromatic carbocycles. The highest BCUT2D eigenvalue weighted by Crippen LogP contribution is 2.36. The van der Waals surface area contributed by atoms with Crippen molar-refractivity contribution in [3.8, 4) is 0 Å². The molecule has 0 spiro atoms. The number of aryl methyl sites for hydroxylation is 1. The number of aromatic nitrogens is 1. The first kappa shape index (κ1) is 13.9. The van der Waals surface area contributed by atoms with Gasteiger partial charge >= 0.3 is 0 Å². The molecule has 1 heterocycles. The Bertz CT molecular complexity index is 629. The maximum atomic E-state index is 12.4. The lowest BCUT2D eigenvalue weighted by Crippen LogP contribution is -2.27. The van der Waals surface area contributed by atoms with Gasteiger partial charge in [-0.1, -0.05) is 36.8 Å². The first-order valence-electron chi connectivity index (χ1n) is 7.48. The van der Waals surface area contributed by atoms with Crippen LogP contribution < -0.4 is 5.32 Å². The fourth-order valence-corrected chi connectivity index (χ4v) is 2.55. The third kappa shape index (κ3) is 2.84. The molecule has 4 nitrogen and oxygen atoms in total. The lowest BCUT2D eigenvalue weighted by molar-refractivity contribution is 0.0934. The number of hydrogen-bond donors (Lipinski definition) is 1. The quantitative estimate of drug-likeness (QED) is 0.930. The van der Waals surface area contributed by atoms with E-state index in [1.54, 1.807) is 6.92 Å². The van der Waals surface area contributed by atoms with Crippen molar-refractivity contribution in [1.82, 2.24) is 10.3 Å². The molecule has 0 radical (unpaired) electrons. The van der Waals surface area contributed by atoms with E-state index in [2.05, 4.69) is 10.3 Å². The average molecular weight is 284 g/mol. The largest absolute Gasteiger partial charge is 0.445 e. The van der Waals surface area contributed by atoms with E-state index in [9.17, 15) is 4.79 Å². The van der Waals surface area contributed by atoms with Crippen LogP contribution in [0.5, 0.6) is 0 Å². The number of amides is 1. The van der Waals surface area contributed by atoms with Crippen molar-refractivity contribution in [2.24, 2.45) is 0 Å². The van der Waals surface area contributed by atoms with Gasteiger partial charge in [-0.15, -0.1) is 0 Å². The summed E-state index contributed by atoms with van der Waals surface area (Å²) in [5.41, 5.74) is 1.49. The molecule has 1 fully saturated rings. The van der Waals surface area contributed by atoms with E-state index in [0.29, 0.717) is 17.4 Å². The third-order valence-electron chi connectivity index (χ3n) is 4.13. The second kappa shape index (κ2) is 5.72. The van der Waals surface area contributed by atoms with Crippen LogP contribution in [0.1, 0.15) is 65.8 Å². The molecule has 1 aliphatic carbocycles. The third-order valence-corrected chi connectivity index (χ3v) is 4.13. The Hall–Kier alpha value is -2.10. The second-order valence-corrected chi connectivity index (χ2v) is 5.69. The Balaban J connectivity index is 1.71. The Kier molecular flexibility index (Phi) is 3.78. The molecule has 0 saturated heterocycles. The van der Waals surface area contributed by atoms with Crippen molar-refractivity contribution in [2.45, 2.75) is 45.1 Å². The van der Waals surface area contributed by atoms with Gasteiger partial charge in [0.2, 0.25) is 0 Å². The van der Waals surface area contributed by atoms with Crippen LogP contribution in [0.15, 0.2) is 34.7 Å². The number of hydrogen-bond acceptors (Lipinski definition) is 3. The molecule has 1 N–H and O–H groups in total. The zero-order valence-corrected chi connectivity index (χ0v) is 12.4. The monoisotopic (exact) mass is 284 g/mol. The molecule has 1 aromatic heterocycles. The zero-order valence-electron chi connectivity index (χ0n) is 12.4. The van der Waals surface area contributed by atoms with Crippen molar-refractivity contribution in [3.63, 3.8) is 0 Å². The first-order chi connectivity index (χ1) is 10.1. The van der Waals surface area contributed by atoms with Crippen molar-refractivity contribution in [3.05, 3.63) is 53.2 Å². The standard InChI is InChI=1S/C17H20N2O2/c1-11(13-7-4-3-5-8-13)18-16(20)15-12(2)21-17(19-15)14-9-6-10-14/h3-5,7-8,11,14H,6,9-10H2,1-2H3,(H,18,20)/t11-/m0/s1. The molecule has 21 heavy (non-hydrogen) atoms. The summed E-state index contributed by atoms with van der Waals surface area (Å²) in [6.07, 6.45) is 3.45. The predicted molar refractivity (Wildman–Crippen MR) is 80.2 cm³/mol. The number of benzene rings is 1. The van der Waals surface area contributed by atoms with Gasteiger partial charge in [0.05, 0.1) is 6.04 Å². The Morgan fingerprint density at radius 3 is 2.67 bits per heavy atom. The normalized spacial score (nSPS) is 16.3. The molecule has 1 amide bonds. The van der Waals surface area contributed by atoms with Gasteiger partial charge < -0.3 is 9.73 Å². The molecule has 4 heteroatoms. The van der Waals surface area contributed by atoms with Gasteiger partial charge in [-0.2, -0.15) is 0 Å². The molecule has 3 rings (SSSR count). The van der Waals surface area contributed by atoms with Crippen LogP contribution in [0.2, 0.25) is 0 Å². The van der Waals surface area contributed by atoms with Crippen LogP contribution in [0, 0.1) is 6.92 Å². The Morgan fingerprint density at radius 1 is 1.33 bits per heavy atom. The fraction of sp³-hybridized carbons (Fsp3) is 0.412. The summed E-state index contributed by atoms with van der Waals surface area (Å²) in [7, 11) is 0. The van der Waals surface area contributed by atoms with E-state index in [-0.39, 0.29) is 11.9 Å². The lowest BCUT2D eigenvalue weighted by atomic mass is 9.85. The highest BCUT2D eigenvalue weighted by Gasteiger charge is 2.27. The van der Waals surface area contributed by atoms with Crippen molar-refractivity contribution >= 4 is 5.91 Å². The van der Waals surface area contributed by atoms with Crippen LogP contribution in [0.25, 0.3) is 0 Å². The molecule has 0 unspecified atom stereocenters. The molecule has 0 bridgehead atoms. The minimum Gasteiger partial charge on any atom is -0.445 e. The number of carbonyl (C=O) groups is 1. The fourth-order valence-electron chi connectivity index (χ4n) is 2.55. The minimum absolute atomic E-state index is 0.0537. The second-order valence-electron chi connectivity index (χ2n) is 5.69. The van der Waals surface area contributed by atoms with Crippen LogP contribution in [0.4, 0.5) is 0 Å². The number of nitrogens with zero attached hydrogens (tertiary/aromatic N) is 1. The molecule has 1 atom stereocenters. The van der Waals surface area contributed by atoms with E-state index in [1.807, 2.05) is 37.3 Å². The first-order valence-corrected chi connectivity index (χ1v) is 7.48. The number of nitrogens with one attached hydrogen (secondary N) is 1. The van der Waals surface area contributed by atoms with E-state index in [1.165, 1.54) is 6.42 Å². The molecule has 110 valence electrons. The maximum absolute atomic E-state index is 12.4. The van der Waals surface area contributed by atoms with E-state index < -0.39 is 0 Å². The molecule has 0 aliphatic heterocycles. The van der Waals surface area contributed by atoms with E-state index in [0.717, 1.165) is 24.3 Å². The molecular weight excluding hydrogens is 264 g/mol. The topological polar surface area (TPSA) is 55.1 Å². The van der Waals surface area contributed by atoms with Crippen LogP contribution in [-0.2, 0) is 0 Å². The highest BCUT2D eigenvalue weighted by molar-refractivity contribution is 5.93. The number of oxazole rings is 1. The smallest absolute Gasteiger partial charge is 0.274 e. The minimum atomic E-state index is -0.168. The van der Waals surface area contributed by atoms with Gasteiger partial charge in [-0.25, -0.2) is 4.98 Å². The lowest BCUT2D eigenvalue weighted by Gasteiger charge is -2.21. The highest BCUT2D eigenvalue weighted by atomic mass is 16.4. The van der Waals surface area contributed by atoms with E-state index in [4.69, 9.17) is 4.42 Å². The van der Waals surface area contributed by atoms with Crippen LogP contribution in [0.3, 0.4) is 0 Å². The predicted octanol–water partition coefficient (Wildman–Crippen LogP) is 3.74. The van der Waals surface area contributed by atoms with Gasteiger partial charge in [0.15, 0.2) is 11.6 Å². The summed E-state index contributed by atoms with van der Waals surface area (Å²) in [6.45, 7) is 3.77. The van der Waals surface area contributed by atoms with Crippen molar-refractivity contribution in [1.29, 1.82) is 0 Å². The van der Waals surface area contributed by atoms with Gasteiger partial charge in [-0.3, -0.25) is 4.79 Å². The summed E-state index contributed by atoms with van der Waals surface area (Å²) < 4.78 is 5.66. The zero-order chi connectivity index (χ0) is 14.8. The summed E-state index contributed by atoms with van der Waals surface area (Å²) >= 11 is 0. The number of rotatable bonds is 4. The molecule has 1 saturated carbocycles. The molecule has 2 aromatic rings. The van der Waals surface area contributed by atoms with Crippen LogP contribution in [-0.4, -0.2) is 10.9 Å². The van der Waals surface area contributed by atoms with Gasteiger partial charge in [0, 0.05) is 5.92 Å². The van der Waals surface area contributed by atoms with Gasteiger partial charge in [0.25, 0.3) is 5.91 Å². The average Bonchev–Trinajstić information content (AvgIpc) is 2.79. The Morgan fingerprint density at radius 2 is 2.05 bits per heavy atom. The van der Waals surface area contributed by atoms with Gasteiger partial charge in [-0.05, 0) is 32.3 Å². The van der Waals surface area contributed by atoms with Crippen molar-refractivity contribution in [2.75, 3.05) is 0 Å².